The second-order valence-corrected chi connectivity index (χ2v) is 9.32. The minimum atomic E-state index is -1.41. The second-order valence-electron chi connectivity index (χ2n) is 9.32. The number of carbonyl (C=O) groups excluding carboxylic acids is 3. The van der Waals surface area contributed by atoms with Crippen LogP contribution in [-0.4, -0.2) is 34.6 Å². The van der Waals surface area contributed by atoms with Gasteiger partial charge in [-0.15, -0.1) is 0 Å². The van der Waals surface area contributed by atoms with Crippen molar-refractivity contribution < 1.29 is 18.8 Å². The highest BCUT2D eigenvalue weighted by Crippen LogP contribution is 2.30. The first-order valence-electron chi connectivity index (χ1n) is 12.6. The van der Waals surface area contributed by atoms with Gasteiger partial charge in [0.25, 0.3) is 5.91 Å². The zero-order valence-corrected chi connectivity index (χ0v) is 21.9. The normalized spacial score (nSPS) is 14.6. The van der Waals surface area contributed by atoms with E-state index in [-0.39, 0.29) is 23.6 Å². The van der Waals surface area contributed by atoms with E-state index in [2.05, 4.69) is 20.6 Å². The Kier molecular flexibility index (Phi) is 7.46. The Bertz CT molecular complexity index is 1650. The van der Waals surface area contributed by atoms with Crippen molar-refractivity contribution in [1.29, 1.82) is 0 Å². The highest BCUT2D eigenvalue weighted by molar-refractivity contribution is 6.20. The third-order valence-corrected chi connectivity index (χ3v) is 6.46. The average Bonchev–Trinajstić information content (AvgIpc) is 3.04. The summed E-state index contributed by atoms with van der Waals surface area (Å²) in [6.07, 6.45) is 0.138. The van der Waals surface area contributed by atoms with Crippen molar-refractivity contribution in [2.75, 3.05) is 10.2 Å². The molecule has 0 aliphatic carbocycles. The number of fused-ring (bicyclic) bond motifs is 1. The number of nitrogens with one attached hydrogen (secondary N) is 2. The lowest BCUT2D eigenvalue weighted by Crippen LogP contribution is -2.48. The largest absolute Gasteiger partial charge is 0.321 e. The first kappa shape index (κ1) is 26.4. The highest BCUT2D eigenvalue weighted by atomic mass is 19.1. The molecule has 3 aromatic carbocycles. The van der Waals surface area contributed by atoms with E-state index in [0.717, 1.165) is 5.56 Å². The van der Waals surface area contributed by atoms with E-state index in [1.165, 1.54) is 17.9 Å². The van der Waals surface area contributed by atoms with E-state index >= 15 is 4.39 Å². The third kappa shape index (κ3) is 5.49. The molecule has 4 aromatic rings. The van der Waals surface area contributed by atoms with E-state index in [9.17, 15) is 14.4 Å². The number of aryl methyl sites for hydroxylation is 1. The van der Waals surface area contributed by atoms with Crippen LogP contribution in [0.1, 0.15) is 39.7 Å². The van der Waals surface area contributed by atoms with Gasteiger partial charge in [-0.1, -0.05) is 42.5 Å². The van der Waals surface area contributed by atoms with Crippen LogP contribution in [0.15, 0.2) is 96.1 Å². The summed E-state index contributed by atoms with van der Waals surface area (Å²) in [6, 6.07) is 22.9. The molecule has 0 spiro atoms. The van der Waals surface area contributed by atoms with Gasteiger partial charge in [0, 0.05) is 28.6 Å². The number of carbonyl (C=O) groups is 3. The fourth-order valence-electron chi connectivity index (χ4n) is 4.60. The van der Waals surface area contributed by atoms with Gasteiger partial charge in [0.2, 0.25) is 6.17 Å². The summed E-state index contributed by atoms with van der Waals surface area (Å²) in [5.74, 6) is -1.30. The minimum absolute atomic E-state index is 0.0661. The van der Waals surface area contributed by atoms with Crippen molar-refractivity contribution in [3.63, 3.8) is 0 Å². The average molecular weight is 536 g/mol. The zero-order chi connectivity index (χ0) is 28.2. The number of benzene rings is 3. The van der Waals surface area contributed by atoms with Crippen molar-refractivity contribution in [2.45, 2.75) is 26.6 Å². The highest BCUT2D eigenvalue weighted by Gasteiger charge is 2.34. The van der Waals surface area contributed by atoms with Crippen LogP contribution in [-0.2, 0) is 11.3 Å². The number of hydrogen-bond donors (Lipinski definition) is 2. The van der Waals surface area contributed by atoms with Crippen LogP contribution >= 0.6 is 0 Å². The van der Waals surface area contributed by atoms with Gasteiger partial charge >= 0.3 is 6.03 Å². The number of anilines is 2. The number of para-hydroxylation sites is 1. The van der Waals surface area contributed by atoms with Crippen LogP contribution in [0.4, 0.5) is 20.6 Å². The van der Waals surface area contributed by atoms with Crippen LogP contribution in [0, 0.1) is 12.7 Å². The Morgan fingerprint density at radius 1 is 0.950 bits per heavy atom. The summed E-state index contributed by atoms with van der Waals surface area (Å²) in [5, 5.41) is 5.37. The van der Waals surface area contributed by atoms with Crippen LogP contribution in [0.25, 0.3) is 0 Å². The smallest absolute Gasteiger partial charge is 0.308 e. The number of amides is 3. The number of rotatable bonds is 6. The molecule has 0 saturated heterocycles. The predicted molar refractivity (Wildman–Crippen MR) is 151 cm³/mol. The van der Waals surface area contributed by atoms with E-state index in [1.54, 1.807) is 79.0 Å². The number of pyridine rings is 1. The Morgan fingerprint density at radius 2 is 1.70 bits per heavy atom. The summed E-state index contributed by atoms with van der Waals surface area (Å²) in [4.78, 5) is 49.8. The van der Waals surface area contributed by atoms with Gasteiger partial charge in [0.05, 0.1) is 23.6 Å². The van der Waals surface area contributed by atoms with Crippen LogP contribution < -0.4 is 15.5 Å². The number of Topliss-reactive ketones (excluding diaryl/α,β-unsaturated/α-hetero) is 1. The third-order valence-electron chi connectivity index (χ3n) is 6.46. The Balaban J connectivity index is 1.60. The number of aliphatic imine (C=N–C) groups is 1. The van der Waals surface area contributed by atoms with Gasteiger partial charge in [-0.25, -0.2) is 14.2 Å². The quantitative estimate of drug-likeness (QED) is 0.329. The molecule has 8 nitrogen and oxygen atoms in total. The molecule has 2 heterocycles. The van der Waals surface area contributed by atoms with Gasteiger partial charge in [0.15, 0.2) is 5.78 Å². The molecule has 0 saturated carbocycles. The molecule has 1 atom stereocenters. The topological polar surface area (TPSA) is 104 Å². The monoisotopic (exact) mass is 535 g/mol. The maximum absolute atomic E-state index is 15.1. The van der Waals surface area contributed by atoms with Crippen LogP contribution in [0.3, 0.4) is 0 Å². The standard InChI is InChI=1S/C31H26FN5O3/c1-19-9-7-10-21(17-19)34-31(40)36-29-30(39)37(18-26-22(20(2)38)13-8-16-33-26)27-15-6-4-12-24(27)28(35-29)23-11-3-5-14-25(23)32/h3-17,29H,18H2,1-2H3,(H2,34,36,40). The lowest BCUT2D eigenvalue weighted by atomic mass is 9.99. The van der Waals surface area contributed by atoms with Gasteiger partial charge in [0.1, 0.15) is 5.82 Å². The summed E-state index contributed by atoms with van der Waals surface area (Å²) >= 11 is 0. The fourth-order valence-corrected chi connectivity index (χ4v) is 4.60. The number of hydrogen-bond acceptors (Lipinski definition) is 5. The molecule has 5 rings (SSSR count). The lowest BCUT2D eigenvalue weighted by Gasteiger charge is -2.26. The lowest BCUT2D eigenvalue weighted by molar-refractivity contribution is -0.120. The molecule has 1 unspecified atom stereocenters. The van der Waals surface area contributed by atoms with E-state index < -0.39 is 23.9 Å². The Labute approximate surface area is 230 Å². The summed E-state index contributed by atoms with van der Waals surface area (Å²) in [7, 11) is 0. The molecular weight excluding hydrogens is 509 g/mol. The van der Waals surface area contributed by atoms with Crippen LogP contribution in [0.2, 0.25) is 0 Å². The first-order chi connectivity index (χ1) is 19.3. The molecule has 40 heavy (non-hydrogen) atoms. The number of halogens is 1. The molecule has 200 valence electrons. The number of urea groups is 1. The number of aromatic nitrogens is 1. The van der Waals surface area contributed by atoms with Crippen molar-refractivity contribution in [3.05, 3.63) is 125 Å². The molecule has 0 bridgehead atoms. The molecule has 0 fully saturated rings. The summed E-state index contributed by atoms with van der Waals surface area (Å²) in [6.45, 7) is 3.26. The fraction of sp³-hybridized carbons (Fsp3) is 0.129. The predicted octanol–water partition coefficient (Wildman–Crippen LogP) is 5.26. The molecule has 1 aliphatic heterocycles. The summed E-state index contributed by atoms with van der Waals surface area (Å²) in [5.41, 5.74) is 3.56. The Morgan fingerprint density at radius 3 is 2.45 bits per heavy atom. The van der Waals surface area contributed by atoms with Crippen molar-refractivity contribution >= 4 is 34.8 Å². The molecule has 9 heteroatoms. The molecule has 1 aromatic heterocycles. The van der Waals surface area contributed by atoms with E-state index in [1.807, 2.05) is 13.0 Å². The van der Waals surface area contributed by atoms with Gasteiger partial charge in [-0.2, -0.15) is 0 Å². The molecule has 3 amide bonds. The summed E-state index contributed by atoms with van der Waals surface area (Å²) < 4.78 is 15.1. The van der Waals surface area contributed by atoms with E-state index in [0.29, 0.717) is 28.2 Å². The van der Waals surface area contributed by atoms with Crippen LogP contribution in [0.5, 0.6) is 0 Å². The van der Waals surface area contributed by atoms with Crippen molar-refractivity contribution in [2.24, 2.45) is 4.99 Å². The number of benzodiazepines with no additional fused rings is 1. The molecule has 0 radical (unpaired) electrons. The van der Waals surface area contributed by atoms with E-state index in [4.69, 9.17) is 0 Å². The maximum Gasteiger partial charge on any atom is 0.321 e. The molecule has 2 N–H and O–H groups in total. The van der Waals surface area contributed by atoms with Crippen molar-refractivity contribution in [1.82, 2.24) is 10.3 Å². The van der Waals surface area contributed by atoms with Gasteiger partial charge in [-0.05, 0) is 61.9 Å². The molecular formula is C31H26FN5O3. The van der Waals surface area contributed by atoms with Crippen molar-refractivity contribution in [3.8, 4) is 0 Å². The van der Waals surface area contributed by atoms with Gasteiger partial charge in [-0.3, -0.25) is 14.6 Å². The minimum Gasteiger partial charge on any atom is -0.308 e. The number of nitrogens with zero attached hydrogens (tertiary/aromatic N) is 3. The second kappa shape index (κ2) is 11.3. The zero-order valence-electron chi connectivity index (χ0n) is 21.9. The maximum atomic E-state index is 15.1. The number of ketones is 1. The first-order valence-corrected chi connectivity index (χ1v) is 12.6. The van der Waals surface area contributed by atoms with Gasteiger partial charge < -0.3 is 15.5 Å². The molecule has 1 aliphatic rings. The SMILES string of the molecule is CC(=O)c1cccnc1CN1C(=O)C(NC(=O)Nc2cccc(C)c2)N=C(c2ccccc2F)c2ccccc21. The Hall–Kier alpha value is -5.18.